The largest absolute Gasteiger partial charge is 0.507 e. The molecule has 1 N–H and O–H groups in total. The first-order chi connectivity index (χ1) is 16.9. The summed E-state index contributed by atoms with van der Waals surface area (Å²) in [5.74, 6) is -1.01. The number of ketones is 1. The molecule has 0 saturated carbocycles. The van der Waals surface area contributed by atoms with E-state index in [1.54, 1.807) is 43.5 Å². The van der Waals surface area contributed by atoms with Crippen molar-refractivity contribution in [2.45, 2.75) is 26.3 Å². The zero-order valence-electron chi connectivity index (χ0n) is 19.6. The molecule has 0 bridgehead atoms. The predicted octanol–water partition coefficient (Wildman–Crippen LogP) is 5.80. The first kappa shape index (κ1) is 22.8. The van der Waals surface area contributed by atoms with Crippen LogP contribution in [-0.2, 0) is 16.0 Å². The number of aliphatic hydroxyl groups is 1. The second-order valence-corrected chi connectivity index (χ2v) is 9.47. The molecule has 1 amide bonds. The van der Waals surface area contributed by atoms with Crippen molar-refractivity contribution in [3.63, 3.8) is 0 Å². The Kier molecular flexibility index (Phi) is 5.86. The Balaban J connectivity index is 1.70. The fraction of sp³-hybridized carbons (Fsp3) is 0.179. The van der Waals surface area contributed by atoms with Crippen molar-refractivity contribution in [2.75, 3.05) is 12.0 Å². The van der Waals surface area contributed by atoms with Gasteiger partial charge in [-0.25, -0.2) is 4.98 Å². The molecular formula is C28H24N2O4S. The number of thiazole rings is 1. The third-order valence-electron chi connectivity index (χ3n) is 6.26. The Bertz CT molecular complexity index is 1470. The van der Waals surface area contributed by atoms with Crippen molar-refractivity contribution in [1.29, 1.82) is 0 Å². The number of aryl methyl sites for hydroxylation is 2. The molecule has 1 fully saturated rings. The Hall–Kier alpha value is -3.97. The summed E-state index contributed by atoms with van der Waals surface area (Å²) in [5, 5.41) is 11.7. The van der Waals surface area contributed by atoms with Gasteiger partial charge in [0.1, 0.15) is 11.5 Å². The number of hydrogen-bond acceptors (Lipinski definition) is 6. The summed E-state index contributed by atoms with van der Waals surface area (Å²) >= 11 is 1.36. The van der Waals surface area contributed by atoms with Gasteiger partial charge in [0.15, 0.2) is 5.13 Å². The van der Waals surface area contributed by atoms with Crippen LogP contribution in [0.15, 0.2) is 72.3 Å². The van der Waals surface area contributed by atoms with E-state index in [-0.39, 0.29) is 11.3 Å². The maximum atomic E-state index is 13.4. The van der Waals surface area contributed by atoms with Crippen LogP contribution in [0.1, 0.15) is 35.2 Å². The molecule has 0 aliphatic carbocycles. The molecule has 35 heavy (non-hydrogen) atoms. The summed E-state index contributed by atoms with van der Waals surface area (Å²) < 4.78 is 6.22. The molecule has 2 heterocycles. The van der Waals surface area contributed by atoms with E-state index < -0.39 is 17.7 Å². The molecule has 1 aliphatic heterocycles. The molecule has 0 spiro atoms. The number of aromatic nitrogens is 1. The Labute approximate surface area is 207 Å². The number of fused-ring (bicyclic) bond motifs is 1. The molecule has 7 heteroatoms. The Morgan fingerprint density at radius 3 is 2.43 bits per heavy atom. The van der Waals surface area contributed by atoms with E-state index in [0.29, 0.717) is 22.0 Å². The van der Waals surface area contributed by atoms with Gasteiger partial charge in [0.25, 0.3) is 5.78 Å². The van der Waals surface area contributed by atoms with Crippen molar-refractivity contribution in [3.05, 3.63) is 94.6 Å². The highest BCUT2D eigenvalue weighted by atomic mass is 32.1. The average Bonchev–Trinajstić information content (AvgIpc) is 3.41. The normalized spacial score (nSPS) is 17.3. The second kappa shape index (κ2) is 9.00. The second-order valence-electron chi connectivity index (χ2n) is 8.46. The third kappa shape index (κ3) is 3.98. The summed E-state index contributed by atoms with van der Waals surface area (Å²) in [5.41, 5.74) is 4.14. The van der Waals surface area contributed by atoms with Gasteiger partial charge in [-0.1, -0.05) is 66.3 Å². The smallest absolute Gasteiger partial charge is 0.301 e. The van der Waals surface area contributed by atoms with Gasteiger partial charge in [-0.2, -0.15) is 0 Å². The van der Waals surface area contributed by atoms with Crippen LogP contribution in [0, 0.1) is 6.92 Å². The number of benzene rings is 3. The minimum Gasteiger partial charge on any atom is -0.507 e. The number of ether oxygens (including phenoxy) is 1. The van der Waals surface area contributed by atoms with Crippen molar-refractivity contribution in [3.8, 4) is 5.75 Å². The van der Waals surface area contributed by atoms with Crippen LogP contribution in [0.2, 0.25) is 0 Å². The van der Waals surface area contributed by atoms with Gasteiger partial charge in [0, 0.05) is 5.56 Å². The van der Waals surface area contributed by atoms with Gasteiger partial charge in [-0.3, -0.25) is 14.5 Å². The molecule has 3 aromatic carbocycles. The number of Topliss-reactive ketones (excluding diaryl/α,β-unsaturated/α-hetero) is 1. The van der Waals surface area contributed by atoms with Crippen molar-refractivity contribution in [1.82, 2.24) is 4.98 Å². The van der Waals surface area contributed by atoms with E-state index in [2.05, 4.69) is 18.0 Å². The number of anilines is 1. The van der Waals surface area contributed by atoms with Gasteiger partial charge in [-0.05, 0) is 48.7 Å². The van der Waals surface area contributed by atoms with Crippen LogP contribution in [-0.4, -0.2) is 28.9 Å². The lowest BCUT2D eigenvalue weighted by Crippen LogP contribution is -2.29. The molecule has 176 valence electrons. The summed E-state index contributed by atoms with van der Waals surface area (Å²) in [6.45, 7) is 4.02. The Morgan fingerprint density at radius 2 is 1.77 bits per heavy atom. The number of nitrogens with zero attached hydrogens (tertiary/aromatic N) is 2. The van der Waals surface area contributed by atoms with Gasteiger partial charge < -0.3 is 9.84 Å². The number of carbonyl (C=O) groups excluding carboxylic acids is 2. The fourth-order valence-corrected chi connectivity index (χ4v) is 5.33. The zero-order valence-corrected chi connectivity index (χ0v) is 20.4. The van der Waals surface area contributed by atoms with Gasteiger partial charge >= 0.3 is 5.91 Å². The molecule has 0 radical (unpaired) electrons. The lowest BCUT2D eigenvalue weighted by atomic mass is 9.95. The van der Waals surface area contributed by atoms with E-state index in [4.69, 9.17) is 4.74 Å². The highest BCUT2D eigenvalue weighted by Gasteiger charge is 2.48. The summed E-state index contributed by atoms with van der Waals surface area (Å²) in [7, 11) is 1.57. The van der Waals surface area contributed by atoms with Crippen LogP contribution in [0.5, 0.6) is 5.75 Å². The summed E-state index contributed by atoms with van der Waals surface area (Å²) in [6, 6.07) is 19.5. The van der Waals surface area contributed by atoms with E-state index in [1.807, 2.05) is 31.2 Å². The SMILES string of the molecule is CCc1ccc2nc(N3C(=O)C(=O)/C(=C(/O)c4ccc(C)cc4)[C@@H]3c3ccc(OC)cc3)sc2c1. The number of hydrogen-bond donors (Lipinski definition) is 1. The minimum absolute atomic E-state index is 0.0394. The van der Waals surface area contributed by atoms with Crippen molar-refractivity contribution in [2.24, 2.45) is 0 Å². The molecule has 4 aromatic rings. The Morgan fingerprint density at radius 1 is 1.06 bits per heavy atom. The maximum absolute atomic E-state index is 13.4. The van der Waals surface area contributed by atoms with Crippen LogP contribution < -0.4 is 9.64 Å². The maximum Gasteiger partial charge on any atom is 0.301 e. The standard InChI is InChI=1S/C28H24N2O4S/c1-4-17-7-14-21-22(15-17)35-28(29-21)30-24(18-10-12-20(34-3)13-11-18)23(26(32)27(30)33)25(31)19-8-5-16(2)6-9-19/h5-15,24,31H,4H2,1-3H3/b25-23+/t24-/m0/s1. The van der Waals surface area contributed by atoms with Crippen LogP contribution >= 0.6 is 11.3 Å². The zero-order chi connectivity index (χ0) is 24.7. The van der Waals surface area contributed by atoms with Crippen molar-refractivity contribution < 1.29 is 19.4 Å². The van der Waals surface area contributed by atoms with Crippen molar-refractivity contribution >= 4 is 44.1 Å². The van der Waals surface area contributed by atoms with Crippen LogP contribution in [0.4, 0.5) is 5.13 Å². The topological polar surface area (TPSA) is 79.7 Å². The minimum atomic E-state index is -0.826. The predicted molar refractivity (Wildman–Crippen MR) is 138 cm³/mol. The third-order valence-corrected chi connectivity index (χ3v) is 7.27. The average molecular weight is 485 g/mol. The number of rotatable bonds is 5. The highest BCUT2D eigenvalue weighted by molar-refractivity contribution is 7.22. The molecule has 1 aliphatic rings. The first-order valence-corrected chi connectivity index (χ1v) is 12.1. The highest BCUT2D eigenvalue weighted by Crippen LogP contribution is 2.44. The van der Waals surface area contributed by atoms with E-state index in [1.165, 1.54) is 21.8 Å². The summed E-state index contributed by atoms with van der Waals surface area (Å²) in [4.78, 5) is 32.8. The van der Waals surface area contributed by atoms with Crippen LogP contribution in [0.3, 0.4) is 0 Å². The number of methoxy groups -OCH3 is 1. The van der Waals surface area contributed by atoms with Gasteiger partial charge in [0.05, 0.1) is 28.9 Å². The van der Waals surface area contributed by atoms with Gasteiger partial charge in [0.2, 0.25) is 0 Å². The molecule has 1 aromatic heterocycles. The number of carbonyl (C=O) groups is 2. The molecule has 6 nitrogen and oxygen atoms in total. The quantitative estimate of drug-likeness (QED) is 0.220. The molecule has 5 rings (SSSR count). The molecule has 1 atom stereocenters. The van der Waals surface area contributed by atoms with Gasteiger partial charge in [-0.15, -0.1) is 0 Å². The first-order valence-electron chi connectivity index (χ1n) is 11.3. The van der Waals surface area contributed by atoms with Crippen LogP contribution in [0.25, 0.3) is 16.0 Å². The van der Waals surface area contributed by atoms with E-state index in [9.17, 15) is 14.7 Å². The lowest BCUT2D eigenvalue weighted by molar-refractivity contribution is -0.132. The summed E-state index contributed by atoms with van der Waals surface area (Å²) in [6.07, 6.45) is 0.885. The molecular weight excluding hydrogens is 460 g/mol. The lowest BCUT2D eigenvalue weighted by Gasteiger charge is -2.23. The molecule has 1 saturated heterocycles. The van der Waals surface area contributed by atoms with E-state index in [0.717, 1.165) is 22.2 Å². The number of aliphatic hydroxyl groups excluding tert-OH is 1. The van der Waals surface area contributed by atoms with E-state index >= 15 is 0 Å². The number of amides is 1. The molecule has 0 unspecified atom stereocenters. The monoisotopic (exact) mass is 484 g/mol. The fourth-order valence-electron chi connectivity index (χ4n) is 4.28.